The summed E-state index contributed by atoms with van der Waals surface area (Å²) in [6, 6.07) is 5.89. The summed E-state index contributed by atoms with van der Waals surface area (Å²) in [6.45, 7) is 7.44. The Kier molecular flexibility index (Phi) is 5.47. The molecule has 0 aromatic heterocycles. The Bertz CT molecular complexity index is 534. The van der Waals surface area contributed by atoms with Crippen molar-refractivity contribution < 1.29 is 9.47 Å². The molecule has 23 heavy (non-hydrogen) atoms. The zero-order chi connectivity index (χ0) is 16.3. The first-order valence-electron chi connectivity index (χ1n) is 8.53. The third-order valence-electron chi connectivity index (χ3n) is 4.99. The van der Waals surface area contributed by atoms with Crippen LogP contribution in [0.1, 0.15) is 31.7 Å². The van der Waals surface area contributed by atoms with Crippen molar-refractivity contribution in [1.29, 1.82) is 0 Å². The number of hydrogen-bond acceptors (Lipinski definition) is 4. The van der Waals surface area contributed by atoms with Crippen LogP contribution in [0, 0.1) is 5.41 Å². The van der Waals surface area contributed by atoms with Crippen LogP contribution in [-0.4, -0.2) is 43.9 Å². The Morgan fingerprint density at radius 2 is 2.35 bits per heavy atom. The first kappa shape index (κ1) is 17.0. The number of likely N-dealkylation sites (tertiary alicyclic amines) is 1. The molecule has 2 atom stereocenters. The third kappa shape index (κ3) is 4.38. The Balaban J connectivity index is 1.64. The van der Waals surface area contributed by atoms with E-state index < -0.39 is 0 Å². The second-order valence-corrected chi connectivity index (χ2v) is 7.61. The standard InChI is InChI=1S/C18H27ClN2O2/c1-18(12-20)6-7-21(13-18)10-14-9-15(19)4-5-17(14)23-11-16-3-2-8-22-16/h4-5,9,16H,2-3,6-8,10-13,20H2,1H3. The summed E-state index contributed by atoms with van der Waals surface area (Å²) in [6.07, 6.45) is 3.60. The van der Waals surface area contributed by atoms with Crippen molar-refractivity contribution >= 4 is 11.6 Å². The van der Waals surface area contributed by atoms with Gasteiger partial charge in [-0.25, -0.2) is 0 Å². The summed E-state index contributed by atoms with van der Waals surface area (Å²) in [5.74, 6) is 0.922. The fraction of sp³-hybridized carbons (Fsp3) is 0.667. The molecule has 0 amide bonds. The Morgan fingerprint density at radius 3 is 3.04 bits per heavy atom. The summed E-state index contributed by atoms with van der Waals surface area (Å²) in [5.41, 5.74) is 7.29. The molecule has 2 heterocycles. The number of nitrogens with two attached hydrogens (primary N) is 1. The Hall–Kier alpha value is -0.810. The maximum absolute atomic E-state index is 6.19. The molecule has 0 saturated carbocycles. The van der Waals surface area contributed by atoms with Crippen LogP contribution in [0.2, 0.25) is 5.02 Å². The van der Waals surface area contributed by atoms with Crippen LogP contribution in [0.15, 0.2) is 18.2 Å². The van der Waals surface area contributed by atoms with Gasteiger partial charge in [0.2, 0.25) is 0 Å². The van der Waals surface area contributed by atoms with Gasteiger partial charge < -0.3 is 15.2 Å². The van der Waals surface area contributed by atoms with Crippen LogP contribution in [0.25, 0.3) is 0 Å². The smallest absolute Gasteiger partial charge is 0.124 e. The van der Waals surface area contributed by atoms with Gasteiger partial charge in [0.15, 0.2) is 0 Å². The van der Waals surface area contributed by atoms with E-state index in [9.17, 15) is 0 Å². The van der Waals surface area contributed by atoms with Crippen molar-refractivity contribution in [1.82, 2.24) is 4.90 Å². The molecule has 2 saturated heterocycles. The van der Waals surface area contributed by atoms with E-state index in [-0.39, 0.29) is 11.5 Å². The quantitative estimate of drug-likeness (QED) is 0.866. The van der Waals surface area contributed by atoms with Crippen molar-refractivity contribution in [2.24, 2.45) is 11.1 Å². The number of nitrogens with zero attached hydrogens (tertiary/aromatic N) is 1. The summed E-state index contributed by atoms with van der Waals surface area (Å²) < 4.78 is 11.7. The predicted molar refractivity (Wildman–Crippen MR) is 93.0 cm³/mol. The van der Waals surface area contributed by atoms with Crippen molar-refractivity contribution in [3.63, 3.8) is 0 Å². The summed E-state index contributed by atoms with van der Waals surface area (Å²) in [7, 11) is 0. The van der Waals surface area contributed by atoms with Crippen LogP contribution in [0.5, 0.6) is 5.75 Å². The van der Waals surface area contributed by atoms with E-state index in [1.807, 2.05) is 18.2 Å². The molecule has 0 bridgehead atoms. The van der Waals surface area contributed by atoms with E-state index in [1.165, 1.54) is 0 Å². The zero-order valence-corrected chi connectivity index (χ0v) is 14.6. The largest absolute Gasteiger partial charge is 0.491 e. The second kappa shape index (κ2) is 7.39. The zero-order valence-electron chi connectivity index (χ0n) is 13.9. The topological polar surface area (TPSA) is 47.7 Å². The highest BCUT2D eigenvalue weighted by Gasteiger charge is 2.32. The van der Waals surface area contributed by atoms with Crippen molar-refractivity contribution in [2.45, 2.75) is 38.8 Å². The lowest BCUT2D eigenvalue weighted by molar-refractivity contribution is 0.0673. The maximum atomic E-state index is 6.19. The molecule has 128 valence electrons. The molecule has 2 fully saturated rings. The Morgan fingerprint density at radius 1 is 1.48 bits per heavy atom. The van der Waals surface area contributed by atoms with Gasteiger partial charge in [0.25, 0.3) is 0 Å². The van der Waals surface area contributed by atoms with Gasteiger partial charge in [0, 0.05) is 30.3 Å². The average Bonchev–Trinajstić information content (AvgIpc) is 3.17. The molecule has 2 aliphatic rings. The lowest BCUT2D eigenvalue weighted by Crippen LogP contribution is -2.31. The van der Waals surface area contributed by atoms with E-state index >= 15 is 0 Å². The molecule has 0 spiro atoms. The second-order valence-electron chi connectivity index (χ2n) is 7.17. The lowest BCUT2D eigenvalue weighted by Gasteiger charge is -2.23. The van der Waals surface area contributed by atoms with Crippen LogP contribution >= 0.6 is 11.6 Å². The molecule has 2 N–H and O–H groups in total. The average molecular weight is 339 g/mol. The van der Waals surface area contributed by atoms with Gasteiger partial charge in [-0.1, -0.05) is 18.5 Å². The van der Waals surface area contributed by atoms with Crippen molar-refractivity contribution in [3.05, 3.63) is 28.8 Å². The van der Waals surface area contributed by atoms with Crippen LogP contribution < -0.4 is 10.5 Å². The molecule has 2 unspecified atom stereocenters. The van der Waals surface area contributed by atoms with Gasteiger partial charge in [0.1, 0.15) is 12.4 Å². The summed E-state index contributed by atoms with van der Waals surface area (Å²) in [5, 5.41) is 0.755. The van der Waals surface area contributed by atoms with Crippen molar-refractivity contribution in [2.75, 3.05) is 32.8 Å². The van der Waals surface area contributed by atoms with E-state index in [0.717, 1.165) is 68.4 Å². The lowest BCUT2D eigenvalue weighted by atomic mass is 9.90. The number of halogens is 1. The summed E-state index contributed by atoms with van der Waals surface area (Å²) in [4.78, 5) is 2.44. The molecule has 1 aromatic carbocycles. The van der Waals surface area contributed by atoms with E-state index in [4.69, 9.17) is 26.8 Å². The number of ether oxygens (including phenoxy) is 2. The molecule has 5 heteroatoms. The van der Waals surface area contributed by atoms with Gasteiger partial charge in [-0.05, 0) is 56.0 Å². The van der Waals surface area contributed by atoms with Gasteiger partial charge in [-0.2, -0.15) is 0 Å². The highest BCUT2D eigenvalue weighted by Crippen LogP contribution is 2.32. The van der Waals surface area contributed by atoms with Crippen LogP contribution in [-0.2, 0) is 11.3 Å². The van der Waals surface area contributed by atoms with Gasteiger partial charge in [-0.15, -0.1) is 0 Å². The molecule has 1 aromatic rings. The number of hydrogen-bond donors (Lipinski definition) is 1. The molecule has 4 nitrogen and oxygen atoms in total. The molecule has 3 rings (SSSR count). The van der Waals surface area contributed by atoms with Crippen LogP contribution in [0.3, 0.4) is 0 Å². The highest BCUT2D eigenvalue weighted by molar-refractivity contribution is 6.30. The first-order valence-corrected chi connectivity index (χ1v) is 8.91. The molecule has 0 radical (unpaired) electrons. The monoisotopic (exact) mass is 338 g/mol. The fourth-order valence-electron chi connectivity index (χ4n) is 3.44. The maximum Gasteiger partial charge on any atom is 0.124 e. The van der Waals surface area contributed by atoms with E-state index in [1.54, 1.807) is 0 Å². The molecular weight excluding hydrogens is 312 g/mol. The van der Waals surface area contributed by atoms with E-state index in [2.05, 4.69) is 11.8 Å². The van der Waals surface area contributed by atoms with Crippen molar-refractivity contribution in [3.8, 4) is 5.75 Å². The molecule has 2 aliphatic heterocycles. The third-order valence-corrected chi connectivity index (χ3v) is 5.23. The highest BCUT2D eigenvalue weighted by atomic mass is 35.5. The summed E-state index contributed by atoms with van der Waals surface area (Å²) >= 11 is 6.19. The SMILES string of the molecule is CC1(CN)CCN(Cc2cc(Cl)ccc2OCC2CCCO2)C1. The first-order chi connectivity index (χ1) is 11.1. The van der Waals surface area contributed by atoms with Gasteiger partial charge in [0.05, 0.1) is 6.10 Å². The predicted octanol–water partition coefficient (Wildman–Crippen LogP) is 3.07. The fourth-order valence-corrected chi connectivity index (χ4v) is 3.63. The number of benzene rings is 1. The molecule has 0 aliphatic carbocycles. The Labute approximate surface area is 143 Å². The van der Waals surface area contributed by atoms with Gasteiger partial charge in [-0.3, -0.25) is 4.90 Å². The van der Waals surface area contributed by atoms with Crippen LogP contribution in [0.4, 0.5) is 0 Å². The minimum absolute atomic E-state index is 0.228. The normalized spacial score (nSPS) is 28.4. The minimum Gasteiger partial charge on any atom is -0.491 e. The van der Waals surface area contributed by atoms with Gasteiger partial charge >= 0.3 is 0 Å². The molecular formula is C18H27ClN2O2. The minimum atomic E-state index is 0.228. The number of rotatable bonds is 6. The van der Waals surface area contributed by atoms with E-state index in [0.29, 0.717) is 6.61 Å².